The number of morpholine rings is 1. The third-order valence-electron chi connectivity index (χ3n) is 6.08. The molecule has 2 aromatic rings. The maximum absolute atomic E-state index is 13.0. The van der Waals surface area contributed by atoms with Crippen molar-refractivity contribution in [1.29, 1.82) is 0 Å². The molecule has 1 amide bonds. The Hall–Kier alpha value is -2.58. The van der Waals surface area contributed by atoms with Crippen LogP contribution in [-0.4, -0.2) is 71.8 Å². The molecule has 8 heteroatoms. The van der Waals surface area contributed by atoms with E-state index in [1.54, 1.807) is 6.20 Å². The van der Waals surface area contributed by atoms with Gasteiger partial charge >= 0.3 is 0 Å². The summed E-state index contributed by atoms with van der Waals surface area (Å²) < 4.78 is 11.4. The number of rotatable bonds is 2. The van der Waals surface area contributed by atoms with Crippen LogP contribution in [0.15, 0.2) is 24.5 Å². The van der Waals surface area contributed by atoms with E-state index in [1.807, 2.05) is 30.2 Å². The lowest BCUT2D eigenvalue weighted by molar-refractivity contribution is 0.0484. The number of nitrogens with zero attached hydrogens (tertiary/aromatic N) is 5. The minimum atomic E-state index is -0.272. The highest BCUT2D eigenvalue weighted by Crippen LogP contribution is 2.40. The highest BCUT2D eigenvalue weighted by atomic mass is 16.5. The standard InChI is InChI=1S/C21H25N5O3/c1-15-2-3-16(10-22-15)19(27)26-5-4-21(13-26)14-29-12-17-11-23-20(24-18(17)21)25-6-8-28-9-7-25/h2-3,10-11H,4-9,12-14H2,1H3. The van der Waals surface area contributed by atoms with Crippen LogP contribution in [-0.2, 0) is 21.5 Å². The topological polar surface area (TPSA) is 80.7 Å². The van der Waals surface area contributed by atoms with Crippen molar-refractivity contribution < 1.29 is 14.3 Å². The Morgan fingerprint density at radius 1 is 1.10 bits per heavy atom. The number of carbonyl (C=O) groups is 1. The van der Waals surface area contributed by atoms with Crippen LogP contribution >= 0.6 is 0 Å². The summed E-state index contributed by atoms with van der Waals surface area (Å²) in [4.78, 5) is 30.9. The summed E-state index contributed by atoms with van der Waals surface area (Å²) in [5.41, 5.74) is 3.32. The SMILES string of the molecule is Cc1ccc(C(=O)N2CCC3(COCc4cnc(N5CCOCC5)nc43)C2)cn1. The summed E-state index contributed by atoms with van der Waals surface area (Å²) in [5.74, 6) is 0.768. The van der Waals surface area contributed by atoms with E-state index in [9.17, 15) is 4.79 Å². The molecule has 5 rings (SSSR count). The molecular weight excluding hydrogens is 370 g/mol. The van der Waals surface area contributed by atoms with Gasteiger partial charge in [-0.1, -0.05) is 0 Å². The zero-order valence-electron chi connectivity index (χ0n) is 16.6. The molecule has 0 bridgehead atoms. The number of fused-ring (bicyclic) bond motifs is 2. The van der Waals surface area contributed by atoms with Gasteiger partial charge in [0.05, 0.1) is 43.1 Å². The third-order valence-corrected chi connectivity index (χ3v) is 6.08. The first-order chi connectivity index (χ1) is 14.1. The summed E-state index contributed by atoms with van der Waals surface area (Å²) in [5, 5.41) is 0. The molecular formula is C21H25N5O3. The molecule has 0 aliphatic carbocycles. The maximum atomic E-state index is 13.0. The lowest BCUT2D eigenvalue weighted by Crippen LogP contribution is -2.43. The number of anilines is 1. The van der Waals surface area contributed by atoms with Crippen LogP contribution in [0.4, 0.5) is 5.95 Å². The zero-order valence-corrected chi connectivity index (χ0v) is 16.6. The number of hydrogen-bond donors (Lipinski definition) is 0. The van der Waals surface area contributed by atoms with E-state index in [2.05, 4.69) is 14.9 Å². The fourth-order valence-corrected chi connectivity index (χ4v) is 4.44. The van der Waals surface area contributed by atoms with Gasteiger partial charge in [0.25, 0.3) is 5.91 Å². The molecule has 0 saturated carbocycles. The van der Waals surface area contributed by atoms with E-state index >= 15 is 0 Å². The van der Waals surface area contributed by atoms with Gasteiger partial charge in [-0.05, 0) is 25.5 Å². The first-order valence-corrected chi connectivity index (χ1v) is 10.1. The molecule has 2 fully saturated rings. The Morgan fingerprint density at radius 2 is 1.97 bits per heavy atom. The quantitative estimate of drug-likeness (QED) is 0.759. The second-order valence-corrected chi connectivity index (χ2v) is 8.08. The highest BCUT2D eigenvalue weighted by Gasteiger charge is 2.46. The molecule has 1 unspecified atom stereocenters. The van der Waals surface area contributed by atoms with Gasteiger partial charge in [-0.2, -0.15) is 0 Å². The molecule has 8 nitrogen and oxygen atoms in total. The molecule has 152 valence electrons. The molecule has 0 N–H and O–H groups in total. The molecule has 29 heavy (non-hydrogen) atoms. The van der Waals surface area contributed by atoms with Crippen molar-refractivity contribution in [3.63, 3.8) is 0 Å². The second kappa shape index (κ2) is 7.35. The van der Waals surface area contributed by atoms with Crippen LogP contribution in [0.5, 0.6) is 0 Å². The lowest BCUT2D eigenvalue weighted by Gasteiger charge is -2.35. The summed E-state index contributed by atoms with van der Waals surface area (Å²) >= 11 is 0. The molecule has 2 aromatic heterocycles. The smallest absolute Gasteiger partial charge is 0.255 e. The summed E-state index contributed by atoms with van der Waals surface area (Å²) in [7, 11) is 0. The number of hydrogen-bond acceptors (Lipinski definition) is 7. The zero-order chi connectivity index (χ0) is 19.8. The van der Waals surface area contributed by atoms with E-state index in [4.69, 9.17) is 14.5 Å². The van der Waals surface area contributed by atoms with Gasteiger partial charge in [0, 0.05) is 49.8 Å². The van der Waals surface area contributed by atoms with Gasteiger partial charge in [0.2, 0.25) is 5.95 Å². The van der Waals surface area contributed by atoms with Crippen molar-refractivity contribution in [2.24, 2.45) is 0 Å². The van der Waals surface area contributed by atoms with Crippen LogP contribution in [0.2, 0.25) is 0 Å². The number of amides is 1. The molecule has 3 aliphatic rings. The average Bonchev–Trinajstić information content (AvgIpc) is 3.19. The molecule has 2 saturated heterocycles. The van der Waals surface area contributed by atoms with Crippen LogP contribution in [0.3, 0.4) is 0 Å². The maximum Gasteiger partial charge on any atom is 0.255 e. The van der Waals surface area contributed by atoms with Gasteiger partial charge in [-0.25, -0.2) is 9.97 Å². The van der Waals surface area contributed by atoms with Gasteiger partial charge < -0.3 is 19.3 Å². The predicted octanol–water partition coefficient (Wildman–Crippen LogP) is 1.33. The van der Waals surface area contributed by atoms with Crippen molar-refractivity contribution in [2.75, 3.05) is 50.9 Å². The third kappa shape index (κ3) is 3.36. The lowest BCUT2D eigenvalue weighted by atomic mass is 9.80. The molecule has 1 spiro atoms. The summed E-state index contributed by atoms with van der Waals surface area (Å²) in [6.45, 7) is 7.30. The Kier molecular flexibility index (Phi) is 4.67. The van der Waals surface area contributed by atoms with E-state index < -0.39 is 0 Å². The monoisotopic (exact) mass is 395 g/mol. The predicted molar refractivity (Wildman–Crippen MR) is 106 cm³/mol. The van der Waals surface area contributed by atoms with E-state index in [1.165, 1.54) is 0 Å². The van der Waals surface area contributed by atoms with Gasteiger partial charge in [0.15, 0.2) is 0 Å². The van der Waals surface area contributed by atoms with Crippen molar-refractivity contribution in [3.8, 4) is 0 Å². The van der Waals surface area contributed by atoms with Gasteiger partial charge in [-0.15, -0.1) is 0 Å². The Bertz CT molecular complexity index is 913. The van der Waals surface area contributed by atoms with Crippen LogP contribution in [0.25, 0.3) is 0 Å². The molecule has 1 atom stereocenters. The minimum absolute atomic E-state index is 0.0176. The van der Waals surface area contributed by atoms with Gasteiger partial charge in [-0.3, -0.25) is 9.78 Å². The van der Waals surface area contributed by atoms with Crippen LogP contribution in [0.1, 0.15) is 33.7 Å². The number of carbonyl (C=O) groups excluding carboxylic acids is 1. The number of aromatic nitrogens is 3. The largest absolute Gasteiger partial charge is 0.378 e. The molecule has 3 aliphatic heterocycles. The number of pyridine rings is 1. The first-order valence-electron chi connectivity index (χ1n) is 10.1. The number of aryl methyl sites for hydroxylation is 1. The van der Waals surface area contributed by atoms with E-state index in [0.29, 0.717) is 45.1 Å². The van der Waals surface area contributed by atoms with Crippen molar-refractivity contribution in [1.82, 2.24) is 19.9 Å². The summed E-state index contributed by atoms with van der Waals surface area (Å²) in [6.07, 6.45) is 4.39. The fourth-order valence-electron chi connectivity index (χ4n) is 4.44. The van der Waals surface area contributed by atoms with Crippen molar-refractivity contribution in [3.05, 3.63) is 47.0 Å². The minimum Gasteiger partial charge on any atom is -0.378 e. The molecule has 0 radical (unpaired) electrons. The number of likely N-dealkylation sites (tertiary alicyclic amines) is 1. The Morgan fingerprint density at radius 3 is 2.76 bits per heavy atom. The van der Waals surface area contributed by atoms with Crippen LogP contribution < -0.4 is 4.90 Å². The second-order valence-electron chi connectivity index (χ2n) is 8.08. The highest BCUT2D eigenvalue weighted by molar-refractivity contribution is 5.94. The van der Waals surface area contributed by atoms with Crippen molar-refractivity contribution in [2.45, 2.75) is 25.4 Å². The fraction of sp³-hybridized carbons (Fsp3) is 0.524. The molecule has 0 aromatic carbocycles. The van der Waals surface area contributed by atoms with Crippen molar-refractivity contribution >= 4 is 11.9 Å². The Labute approximate surface area is 169 Å². The first kappa shape index (κ1) is 18.4. The van der Waals surface area contributed by atoms with E-state index in [0.717, 1.165) is 42.4 Å². The van der Waals surface area contributed by atoms with Crippen LogP contribution in [0, 0.1) is 6.92 Å². The average molecular weight is 395 g/mol. The summed E-state index contributed by atoms with van der Waals surface area (Å²) in [6, 6.07) is 3.72. The molecule has 5 heterocycles. The van der Waals surface area contributed by atoms with Gasteiger partial charge in [0.1, 0.15) is 0 Å². The van der Waals surface area contributed by atoms with E-state index in [-0.39, 0.29) is 11.3 Å². The Balaban J connectivity index is 1.42. The number of ether oxygens (including phenoxy) is 2. The normalized spacial score (nSPS) is 24.0.